The number of rotatable bonds is 2. The number of hydrogen-bond donors (Lipinski definition) is 1. The Morgan fingerprint density at radius 2 is 2.58 bits per heavy atom. The zero-order chi connectivity index (χ0) is 8.39. The molecule has 2 rings (SSSR count). The monoisotopic (exact) mass is 183 g/mol. The maximum Gasteiger partial charge on any atom is 0.0476 e. The minimum Gasteiger partial charge on any atom is -0.396 e. The van der Waals surface area contributed by atoms with Crippen molar-refractivity contribution in [3.8, 4) is 0 Å². The predicted octanol–water partition coefficient (Wildman–Crippen LogP) is 1.57. The van der Waals surface area contributed by atoms with Crippen molar-refractivity contribution in [3.05, 3.63) is 16.8 Å². The second kappa shape index (κ2) is 3.46. The largest absolute Gasteiger partial charge is 0.396 e. The first-order chi connectivity index (χ1) is 5.90. The fourth-order valence-electron chi connectivity index (χ4n) is 1.65. The molecule has 1 fully saturated rings. The summed E-state index contributed by atoms with van der Waals surface area (Å²) < 4.78 is 0. The lowest BCUT2D eigenvalue weighted by atomic mass is 10.1. The van der Waals surface area contributed by atoms with E-state index in [0.717, 1.165) is 19.5 Å². The highest BCUT2D eigenvalue weighted by Gasteiger charge is 2.21. The van der Waals surface area contributed by atoms with Crippen molar-refractivity contribution >= 4 is 17.0 Å². The van der Waals surface area contributed by atoms with Gasteiger partial charge in [-0.1, -0.05) is 0 Å². The van der Waals surface area contributed by atoms with E-state index in [1.54, 1.807) is 11.3 Å². The molecule has 2 nitrogen and oxygen atoms in total. The normalized spacial score (nSPS) is 23.4. The Kier molecular flexibility index (Phi) is 2.33. The minimum atomic E-state index is 0.334. The molecule has 1 N–H and O–H groups in total. The first kappa shape index (κ1) is 8.08. The highest BCUT2D eigenvalue weighted by atomic mass is 32.1. The Hall–Kier alpha value is -0.540. The van der Waals surface area contributed by atoms with Gasteiger partial charge in [0, 0.05) is 36.7 Å². The summed E-state index contributed by atoms with van der Waals surface area (Å²) in [5.74, 6) is 0.491. The highest BCUT2D eigenvalue weighted by molar-refractivity contribution is 7.08. The minimum absolute atomic E-state index is 0.334. The van der Waals surface area contributed by atoms with Crippen LogP contribution < -0.4 is 4.90 Å². The van der Waals surface area contributed by atoms with Gasteiger partial charge in [0.25, 0.3) is 0 Å². The molecule has 1 aromatic rings. The van der Waals surface area contributed by atoms with Crippen LogP contribution in [0.15, 0.2) is 16.8 Å². The molecule has 66 valence electrons. The van der Waals surface area contributed by atoms with Gasteiger partial charge >= 0.3 is 0 Å². The summed E-state index contributed by atoms with van der Waals surface area (Å²) in [7, 11) is 0. The number of aliphatic hydroxyl groups is 1. The zero-order valence-corrected chi connectivity index (χ0v) is 7.76. The molecule has 2 heterocycles. The maximum atomic E-state index is 8.96. The highest BCUT2D eigenvalue weighted by Crippen LogP contribution is 2.25. The first-order valence-electron chi connectivity index (χ1n) is 4.28. The lowest BCUT2D eigenvalue weighted by Gasteiger charge is -2.15. The van der Waals surface area contributed by atoms with Gasteiger partial charge in [-0.25, -0.2) is 0 Å². The third-order valence-electron chi connectivity index (χ3n) is 2.42. The van der Waals surface area contributed by atoms with E-state index in [1.807, 2.05) is 0 Å². The van der Waals surface area contributed by atoms with Crippen LogP contribution in [0.3, 0.4) is 0 Å². The standard InChI is InChI=1S/C9H13NOS/c11-6-8-1-3-10(5-8)9-2-4-12-7-9/h2,4,7-8,11H,1,3,5-6H2. The van der Waals surface area contributed by atoms with Crippen molar-refractivity contribution in [2.24, 2.45) is 5.92 Å². The van der Waals surface area contributed by atoms with E-state index in [9.17, 15) is 0 Å². The van der Waals surface area contributed by atoms with Crippen LogP contribution in [0, 0.1) is 5.92 Å². The van der Waals surface area contributed by atoms with E-state index in [4.69, 9.17) is 5.11 Å². The fraction of sp³-hybridized carbons (Fsp3) is 0.556. The van der Waals surface area contributed by atoms with Gasteiger partial charge in [-0.15, -0.1) is 0 Å². The van der Waals surface area contributed by atoms with Crippen molar-refractivity contribution in [2.75, 3.05) is 24.6 Å². The topological polar surface area (TPSA) is 23.5 Å². The molecule has 1 saturated heterocycles. The van der Waals surface area contributed by atoms with Crippen LogP contribution >= 0.6 is 11.3 Å². The lowest BCUT2D eigenvalue weighted by molar-refractivity contribution is 0.238. The van der Waals surface area contributed by atoms with Gasteiger partial charge in [-0.3, -0.25) is 0 Å². The number of thiophene rings is 1. The van der Waals surface area contributed by atoms with Crippen molar-refractivity contribution in [1.82, 2.24) is 0 Å². The summed E-state index contributed by atoms with van der Waals surface area (Å²) in [6, 6.07) is 2.14. The van der Waals surface area contributed by atoms with Crippen molar-refractivity contribution in [1.29, 1.82) is 0 Å². The molecule has 0 bridgehead atoms. The summed E-state index contributed by atoms with van der Waals surface area (Å²) in [6.45, 7) is 2.45. The van der Waals surface area contributed by atoms with E-state index in [-0.39, 0.29) is 0 Å². The Morgan fingerprint density at radius 1 is 1.67 bits per heavy atom. The SMILES string of the molecule is OCC1CCN(c2ccsc2)C1. The van der Waals surface area contributed by atoms with E-state index in [2.05, 4.69) is 21.7 Å². The molecule has 1 aromatic heterocycles. The average Bonchev–Trinajstić information content (AvgIpc) is 2.75. The van der Waals surface area contributed by atoms with Crippen molar-refractivity contribution < 1.29 is 5.11 Å². The molecule has 0 aromatic carbocycles. The third-order valence-corrected chi connectivity index (χ3v) is 3.09. The summed E-state index contributed by atoms with van der Waals surface area (Å²) >= 11 is 1.73. The van der Waals surface area contributed by atoms with Crippen LogP contribution in [0.4, 0.5) is 5.69 Å². The van der Waals surface area contributed by atoms with Crippen LogP contribution in [0.5, 0.6) is 0 Å². The van der Waals surface area contributed by atoms with Gasteiger partial charge in [0.15, 0.2) is 0 Å². The number of hydrogen-bond acceptors (Lipinski definition) is 3. The molecule has 12 heavy (non-hydrogen) atoms. The fourth-order valence-corrected chi connectivity index (χ4v) is 2.32. The molecule has 0 aliphatic carbocycles. The second-order valence-corrected chi connectivity index (χ2v) is 4.04. The van der Waals surface area contributed by atoms with Gasteiger partial charge in [0.05, 0.1) is 0 Å². The van der Waals surface area contributed by atoms with E-state index in [0.29, 0.717) is 12.5 Å². The molecule has 1 unspecified atom stereocenters. The Balaban J connectivity index is 2.00. The zero-order valence-electron chi connectivity index (χ0n) is 6.94. The Labute approximate surface area is 76.4 Å². The van der Waals surface area contributed by atoms with Crippen LogP contribution in [-0.4, -0.2) is 24.8 Å². The molecule has 1 aliphatic rings. The summed E-state index contributed by atoms with van der Waals surface area (Å²) in [5, 5.41) is 13.2. The number of nitrogens with zero attached hydrogens (tertiary/aromatic N) is 1. The maximum absolute atomic E-state index is 8.96. The first-order valence-corrected chi connectivity index (χ1v) is 5.22. The predicted molar refractivity (Wildman–Crippen MR) is 51.7 cm³/mol. The van der Waals surface area contributed by atoms with Crippen molar-refractivity contribution in [2.45, 2.75) is 6.42 Å². The number of aliphatic hydroxyl groups excluding tert-OH is 1. The van der Waals surface area contributed by atoms with Gasteiger partial charge in [-0.05, 0) is 17.9 Å². The quantitative estimate of drug-likeness (QED) is 0.752. The summed E-state index contributed by atoms with van der Waals surface area (Å²) in [4.78, 5) is 2.34. The Morgan fingerprint density at radius 3 is 3.17 bits per heavy atom. The molecular formula is C9H13NOS. The van der Waals surface area contributed by atoms with Crippen LogP contribution in [0.25, 0.3) is 0 Å². The van der Waals surface area contributed by atoms with Crippen molar-refractivity contribution in [3.63, 3.8) is 0 Å². The Bertz CT molecular complexity index is 235. The smallest absolute Gasteiger partial charge is 0.0476 e. The molecule has 0 radical (unpaired) electrons. The molecule has 1 aliphatic heterocycles. The van der Waals surface area contributed by atoms with Gasteiger partial charge in [-0.2, -0.15) is 11.3 Å². The molecule has 0 spiro atoms. The second-order valence-electron chi connectivity index (χ2n) is 3.26. The van der Waals surface area contributed by atoms with Crippen LogP contribution in [0.2, 0.25) is 0 Å². The van der Waals surface area contributed by atoms with E-state index in [1.165, 1.54) is 5.69 Å². The molecule has 3 heteroatoms. The van der Waals surface area contributed by atoms with Crippen LogP contribution in [-0.2, 0) is 0 Å². The van der Waals surface area contributed by atoms with Crippen LogP contribution in [0.1, 0.15) is 6.42 Å². The molecule has 0 saturated carbocycles. The molecule has 0 amide bonds. The van der Waals surface area contributed by atoms with Gasteiger partial charge in [0.2, 0.25) is 0 Å². The van der Waals surface area contributed by atoms with Gasteiger partial charge < -0.3 is 10.0 Å². The number of anilines is 1. The van der Waals surface area contributed by atoms with Gasteiger partial charge in [0.1, 0.15) is 0 Å². The average molecular weight is 183 g/mol. The lowest BCUT2D eigenvalue weighted by Crippen LogP contribution is -2.19. The summed E-state index contributed by atoms with van der Waals surface area (Å²) in [6.07, 6.45) is 1.13. The molecular weight excluding hydrogens is 170 g/mol. The summed E-state index contributed by atoms with van der Waals surface area (Å²) in [5.41, 5.74) is 1.32. The third kappa shape index (κ3) is 1.47. The van der Waals surface area contributed by atoms with E-state index < -0.39 is 0 Å². The van der Waals surface area contributed by atoms with E-state index >= 15 is 0 Å². The molecule has 1 atom stereocenters.